The summed E-state index contributed by atoms with van der Waals surface area (Å²) in [6.07, 6.45) is 3.50. The predicted octanol–water partition coefficient (Wildman–Crippen LogP) is 5.31. The number of benzene rings is 2. The maximum Gasteiger partial charge on any atom is 0.283 e. The molecule has 1 aliphatic heterocycles. The molecule has 0 spiro atoms. The molecule has 1 saturated heterocycles. The molecule has 0 radical (unpaired) electrons. The van der Waals surface area contributed by atoms with Crippen molar-refractivity contribution in [2.75, 3.05) is 37.4 Å². The monoisotopic (exact) mass is 487 g/mol. The van der Waals surface area contributed by atoms with Crippen molar-refractivity contribution in [3.8, 4) is 5.75 Å². The van der Waals surface area contributed by atoms with E-state index in [-0.39, 0.29) is 10.7 Å². The zero-order valence-electron chi connectivity index (χ0n) is 18.6. The van der Waals surface area contributed by atoms with Crippen LogP contribution in [0.1, 0.15) is 12.8 Å². The number of carbonyl (C=O) groups excluding carboxylic acids is 1. The lowest BCUT2D eigenvalue weighted by Crippen LogP contribution is -2.34. The molecule has 0 saturated carbocycles. The van der Waals surface area contributed by atoms with Gasteiger partial charge in [-0.25, -0.2) is 18.7 Å². The minimum Gasteiger partial charge on any atom is -0.491 e. The molecular formula is C24H24ClF2N5O2. The molecule has 0 unspecified atom stereocenters. The highest BCUT2D eigenvalue weighted by Crippen LogP contribution is 2.34. The van der Waals surface area contributed by atoms with Crippen molar-refractivity contribution in [2.24, 2.45) is 5.92 Å². The molecule has 1 aliphatic rings. The molecule has 7 nitrogen and oxygen atoms in total. The van der Waals surface area contributed by atoms with E-state index in [1.807, 2.05) is 0 Å². The average molecular weight is 488 g/mol. The number of ether oxygens (including phenoxy) is 1. The van der Waals surface area contributed by atoms with E-state index in [2.05, 4.69) is 39.1 Å². The number of likely N-dealkylation sites (tertiary alicyclic amines) is 1. The Labute approximate surface area is 200 Å². The lowest BCUT2D eigenvalue weighted by molar-refractivity contribution is -0.114. The van der Waals surface area contributed by atoms with Crippen molar-refractivity contribution < 1.29 is 18.3 Å². The zero-order chi connectivity index (χ0) is 24.2. The number of anilines is 3. The van der Waals surface area contributed by atoms with E-state index in [1.54, 1.807) is 12.1 Å². The van der Waals surface area contributed by atoms with Gasteiger partial charge in [-0.3, -0.25) is 4.79 Å². The molecule has 34 heavy (non-hydrogen) atoms. The summed E-state index contributed by atoms with van der Waals surface area (Å²) in [5, 5.41) is 6.07. The van der Waals surface area contributed by atoms with Gasteiger partial charge in [0.15, 0.2) is 5.83 Å². The van der Waals surface area contributed by atoms with Gasteiger partial charge in [0.2, 0.25) is 0 Å². The number of rotatable bonds is 7. The van der Waals surface area contributed by atoms with Crippen molar-refractivity contribution in [2.45, 2.75) is 12.8 Å². The van der Waals surface area contributed by atoms with Crippen molar-refractivity contribution in [1.29, 1.82) is 0 Å². The van der Waals surface area contributed by atoms with Crippen LogP contribution >= 0.6 is 11.6 Å². The third kappa shape index (κ3) is 5.60. The molecule has 2 heterocycles. The van der Waals surface area contributed by atoms with E-state index < -0.39 is 17.6 Å². The summed E-state index contributed by atoms with van der Waals surface area (Å²) in [6.45, 7) is 5.46. The number of hydrogen-bond acceptors (Lipinski definition) is 6. The Bertz CT molecular complexity index is 1240. The first-order valence-corrected chi connectivity index (χ1v) is 11.2. The zero-order valence-corrected chi connectivity index (χ0v) is 19.3. The van der Waals surface area contributed by atoms with Crippen LogP contribution in [0.2, 0.25) is 5.02 Å². The third-order valence-electron chi connectivity index (χ3n) is 5.61. The highest BCUT2D eigenvalue weighted by Gasteiger charge is 2.20. The summed E-state index contributed by atoms with van der Waals surface area (Å²) in [5.74, 6) is -1.54. The number of halogens is 3. The fourth-order valence-corrected chi connectivity index (χ4v) is 4.10. The van der Waals surface area contributed by atoms with E-state index in [1.165, 1.54) is 24.5 Å². The summed E-state index contributed by atoms with van der Waals surface area (Å²) >= 11 is 5.88. The lowest BCUT2D eigenvalue weighted by atomic mass is 9.99. The summed E-state index contributed by atoms with van der Waals surface area (Å²) in [6, 6.07) is 7.46. The number of hydrogen-bond donors (Lipinski definition) is 2. The van der Waals surface area contributed by atoms with Crippen molar-refractivity contribution in [3.63, 3.8) is 0 Å². The van der Waals surface area contributed by atoms with Crippen LogP contribution < -0.4 is 15.4 Å². The molecule has 10 heteroatoms. The average Bonchev–Trinajstić information content (AvgIpc) is 2.80. The molecule has 2 N–H and O–H groups in total. The highest BCUT2D eigenvalue weighted by molar-refractivity contribution is 6.31. The first-order valence-electron chi connectivity index (χ1n) is 10.8. The van der Waals surface area contributed by atoms with Crippen LogP contribution in [0.5, 0.6) is 5.75 Å². The molecule has 2 aromatic carbocycles. The molecule has 1 amide bonds. The van der Waals surface area contributed by atoms with E-state index in [9.17, 15) is 13.6 Å². The molecule has 1 fully saturated rings. The van der Waals surface area contributed by atoms with Gasteiger partial charge in [-0.2, -0.15) is 0 Å². The number of piperidine rings is 1. The van der Waals surface area contributed by atoms with Gasteiger partial charge in [-0.05, 0) is 50.7 Å². The number of aromatic nitrogens is 2. The Balaban J connectivity index is 1.67. The van der Waals surface area contributed by atoms with Crippen LogP contribution in [0.25, 0.3) is 10.9 Å². The van der Waals surface area contributed by atoms with Gasteiger partial charge in [0.25, 0.3) is 5.91 Å². The minimum absolute atomic E-state index is 0.0400. The van der Waals surface area contributed by atoms with E-state index >= 15 is 0 Å². The fourth-order valence-electron chi connectivity index (χ4n) is 3.92. The largest absolute Gasteiger partial charge is 0.491 e. The van der Waals surface area contributed by atoms with Crippen LogP contribution in [0.3, 0.4) is 0 Å². The van der Waals surface area contributed by atoms with Crippen molar-refractivity contribution in [3.05, 3.63) is 59.9 Å². The van der Waals surface area contributed by atoms with Crippen LogP contribution in [0.4, 0.5) is 26.0 Å². The number of carbonyl (C=O) groups is 1. The van der Waals surface area contributed by atoms with Gasteiger partial charge >= 0.3 is 0 Å². The predicted molar refractivity (Wildman–Crippen MR) is 129 cm³/mol. The van der Waals surface area contributed by atoms with Crippen LogP contribution in [-0.4, -0.2) is 47.5 Å². The second kappa shape index (κ2) is 10.3. The van der Waals surface area contributed by atoms with Crippen LogP contribution in [0, 0.1) is 11.7 Å². The lowest BCUT2D eigenvalue weighted by Gasteiger charge is -2.29. The normalized spacial score (nSPS) is 16.3. The number of fused-ring (bicyclic) bond motifs is 1. The summed E-state index contributed by atoms with van der Waals surface area (Å²) in [5.41, 5.74) is 1.31. The Morgan fingerprint density at radius 3 is 2.88 bits per heavy atom. The van der Waals surface area contributed by atoms with Gasteiger partial charge in [-0.1, -0.05) is 18.2 Å². The molecule has 178 valence electrons. The maximum absolute atomic E-state index is 13.5. The quantitative estimate of drug-likeness (QED) is 0.440. The first-order chi connectivity index (χ1) is 16.3. The smallest absolute Gasteiger partial charge is 0.283 e. The standard InChI is InChI=1S/C24H24ClF2N5O2/c1-14(26)24(33)31-21-9-17-20(10-22(21)34-12-15-4-3-7-32(2)11-15)28-13-29-23(17)30-16-5-6-19(27)18(25)8-16/h5-6,8-10,13,15H,1,3-4,7,11-12H2,2H3,(H,31,33)(H,28,29,30)/t15-/m0/s1. The Kier molecular flexibility index (Phi) is 7.23. The molecular weight excluding hydrogens is 464 g/mol. The molecule has 1 aromatic heterocycles. The minimum atomic E-state index is -1.12. The number of nitrogens with one attached hydrogen (secondary N) is 2. The summed E-state index contributed by atoms with van der Waals surface area (Å²) in [7, 11) is 2.07. The Morgan fingerprint density at radius 2 is 2.15 bits per heavy atom. The van der Waals surface area contributed by atoms with Gasteiger partial charge in [0.05, 0.1) is 22.8 Å². The third-order valence-corrected chi connectivity index (χ3v) is 5.90. The summed E-state index contributed by atoms with van der Waals surface area (Å²) in [4.78, 5) is 22.9. The topological polar surface area (TPSA) is 79.4 Å². The van der Waals surface area contributed by atoms with E-state index in [0.29, 0.717) is 40.7 Å². The Morgan fingerprint density at radius 1 is 1.32 bits per heavy atom. The van der Waals surface area contributed by atoms with Crippen molar-refractivity contribution >= 4 is 45.6 Å². The first kappa shape index (κ1) is 23.8. The van der Waals surface area contributed by atoms with E-state index in [4.69, 9.17) is 16.3 Å². The van der Waals surface area contributed by atoms with E-state index in [0.717, 1.165) is 25.9 Å². The van der Waals surface area contributed by atoms with Crippen LogP contribution in [-0.2, 0) is 4.79 Å². The number of amides is 1. The van der Waals surface area contributed by atoms with Crippen molar-refractivity contribution in [1.82, 2.24) is 14.9 Å². The second-order valence-corrected chi connectivity index (χ2v) is 8.69. The number of nitrogens with zero attached hydrogens (tertiary/aromatic N) is 3. The van der Waals surface area contributed by atoms with Gasteiger partial charge in [0.1, 0.15) is 23.7 Å². The Hall–Kier alpha value is -3.30. The second-order valence-electron chi connectivity index (χ2n) is 8.28. The van der Waals surface area contributed by atoms with Gasteiger partial charge in [0, 0.05) is 29.6 Å². The SMILES string of the molecule is C=C(F)C(=O)Nc1cc2c(Nc3ccc(F)c(Cl)c3)ncnc2cc1OC[C@H]1CCCN(C)C1. The van der Waals surface area contributed by atoms with Crippen LogP contribution in [0.15, 0.2) is 49.1 Å². The molecule has 3 aromatic rings. The maximum atomic E-state index is 13.5. The van der Waals surface area contributed by atoms with Gasteiger partial charge in [-0.15, -0.1) is 0 Å². The fraction of sp³-hybridized carbons (Fsp3) is 0.292. The summed E-state index contributed by atoms with van der Waals surface area (Å²) < 4.78 is 33.0. The van der Waals surface area contributed by atoms with Gasteiger partial charge < -0.3 is 20.3 Å². The molecule has 1 atom stereocenters. The molecule has 0 aliphatic carbocycles. The highest BCUT2D eigenvalue weighted by atomic mass is 35.5. The molecule has 0 bridgehead atoms. The molecule has 4 rings (SSSR count).